The number of carbonyl (C=O) groups is 1. The highest BCUT2D eigenvalue weighted by atomic mass is 32.1. The minimum Gasteiger partial charge on any atom is -0.348 e. The number of aromatic nitrogens is 1. The molecule has 2 heterocycles. The molecule has 1 aromatic heterocycles. The molecule has 22 heavy (non-hydrogen) atoms. The van der Waals surface area contributed by atoms with Crippen molar-refractivity contribution in [3.63, 3.8) is 0 Å². The van der Waals surface area contributed by atoms with Crippen LogP contribution in [0, 0.1) is 12.8 Å². The fourth-order valence-corrected chi connectivity index (χ4v) is 3.86. The smallest absolute Gasteiger partial charge is 0.224 e. The van der Waals surface area contributed by atoms with Crippen molar-refractivity contribution in [2.45, 2.75) is 26.3 Å². The standard InChI is InChI=1S/C17H21N3OS/c1-11(19-16(21)14-8-9-18-10-14)15-12(2)20-17(22-15)13-6-4-3-5-7-13/h3-7,11,14,18H,8-10H2,1-2H3,(H,19,21). The summed E-state index contributed by atoms with van der Waals surface area (Å²) in [7, 11) is 0. The average molecular weight is 315 g/mol. The maximum atomic E-state index is 12.3. The normalized spacial score (nSPS) is 19.1. The Kier molecular flexibility index (Phi) is 4.55. The number of hydrogen-bond donors (Lipinski definition) is 2. The molecule has 2 N–H and O–H groups in total. The van der Waals surface area contributed by atoms with Crippen molar-refractivity contribution in [1.82, 2.24) is 15.6 Å². The molecule has 2 atom stereocenters. The molecule has 0 bridgehead atoms. The highest BCUT2D eigenvalue weighted by Gasteiger charge is 2.25. The number of hydrogen-bond acceptors (Lipinski definition) is 4. The number of nitrogens with zero attached hydrogens (tertiary/aromatic N) is 1. The molecule has 0 spiro atoms. The zero-order valence-electron chi connectivity index (χ0n) is 12.9. The monoisotopic (exact) mass is 315 g/mol. The Morgan fingerprint density at radius 2 is 2.18 bits per heavy atom. The van der Waals surface area contributed by atoms with Crippen molar-refractivity contribution in [3.05, 3.63) is 40.9 Å². The van der Waals surface area contributed by atoms with Gasteiger partial charge in [-0.1, -0.05) is 30.3 Å². The lowest BCUT2D eigenvalue weighted by Gasteiger charge is -2.15. The van der Waals surface area contributed by atoms with Crippen molar-refractivity contribution in [3.8, 4) is 10.6 Å². The average Bonchev–Trinajstić information content (AvgIpc) is 3.17. The molecule has 0 saturated carbocycles. The van der Waals surface area contributed by atoms with E-state index in [0.717, 1.165) is 40.7 Å². The van der Waals surface area contributed by atoms with Gasteiger partial charge in [0.05, 0.1) is 22.5 Å². The number of rotatable bonds is 4. The molecule has 3 rings (SSSR count). The first-order chi connectivity index (χ1) is 10.6. The maximum absolute atomic E-state index is 12.3. The van der Waals surface area contributed by atoms with E-state index in [1.54, 1.807) is 11.3 Å². The van der Waals surface area contributed by atoms with Crippen LogP contribution in [0.25, 0.3) is 10.6 Å². The second kappa shape index (κ2) is 6.58. The molecule has 1 saturated heterocycles. The van der Waals surface area contributed by atoms with Gasteiger partial charge in [0.2, 0.25) is 5.91 Å². The molecule has 1 aromatic carbocycles. The number of amides is 1. The van der Waals surface area contributed by atoms with Crippen LogP contribution in [0.1, 0.15) is 30.0 Å². The van der Waals surface area contributed by atoms with Crippen LogP contribution in [0.3, 0.4) is 0 Å². The molecule has 1 amide bonds. The highest BCUT2D eigenvalue weighted by Crippen LogP contribution is 2.31. The Morgan fingerprint density at radius 3 is 2.86 bits per heavy atom. The Balaban J connectivity index is 1.74. The fraction of sp³-hybridized carbons (Fsp3) is 0.412. The Bertz CT molecular complexity index is 647. The van der Waals surface area contributed by atoms with Crippen LogP contribution in [0.4, 0.5) is 0 Å². The van der Waals surface area contributed by atoms with Gasteiger partial charge >= 0.3 is 0 Å². The van der Waals surface area contributed by atoms with Crippen LogP contribution in [-0.2, 0) is 4.79 Å². The predicted octanol–water partition coefficient (Wildman–Crippen LogP) is 2.91. The zero-order valence-corrected chi connectivity index (χ0v) is 13.7. The van der Waals surface area contributed by atoms with Crippen LogP contribution in [0.5, 0.6) is 0 Å². The minimum absolute atomic E-state index is 0.00284. The molecule has 1 fully saturated rings. The van der Waals surface area contributed by atoms with E-state index < -0.39 is 0 Å². The van der Waals surface area contributed by atoms with Crippen LogP contribution >= 0.6 is 11.3 Å². The SMILES string of the molecule is Cc1nc(-c2ccccc2)sc1C(C)NC(=O)C1CCNC1. The summed E-state index contributed by atoms with van der Waals surface area (Å²) in [6, 6.07) is 10.2. The van der Waals surface area contributed by atoms with Crippen molar-refractivity contribution in [2.24, 2.45) is 5.92 Å². The van der Waals surface area contributed by atoms with Crippen molar-refractivity contribution < 1.29 is 4.79 Å². The molecule has 4 nitrogen and oxygen atoms in total. The van der Waals surface area contributed by atoms with E-state index in [1.807, 2.05) is 32.0 Å². The first-order valence-electron chi connectivity index (χ1n) is 7.69. The van der Waals surface area contributed by atoms with Gasteiger partial charge in [-0.05, 0) is 26.8 Å². The van der Waals surface area contributed by atoms with E-state index in [-0.39, 0.29) is 17.9 Å². The molecule has 0 radical (unpaired) electrons. The number of nitrogens with one attached hydrogen (secondary N) is 2. The number of benzene rings is 1. The predicted molar refractivity (Wildman–Crippen MR) is 89.8 cm³/mol. The second-order valence-corrected chi connectivity index (χ2v) is 6.79. The third kappa shape index (κ3) is 3.20. The van der Waals surface area contributed by atoms with Crippen LogP contribution in [0.15, 0.2) is 30.3 Å². The Morgan fingerprint density at radius 1 is 1.41 bits per heavy atom. The van der Waals surface area contributed by atoms with E-state index >= 15 is 0 Å². The summed E-state index contributed by atoms with van der Waals surface area (Å²) in [6.45, 7) is 5.77. The molecule has 0 aliphatic carbocycles. The number of thiazole rings is 1. The maximum Gasteiger partial charge on any atom is 0.224 e. The van der Waals surface area contributed by atoms with Gasteiger partial charge in [-0.2, -0.15) is 0 Å². The highest BCUT2D eigenvalue weighted by molar-refractivity contribution is 7.15. The van der Waals surface area contributed by atoms with E-state index in [4.69, 9.17) is 0 Å². The lowest BCUT2D eigenvalue weighted by atomic mass is 10.1. The summed E-state index contributed by atoms with van der Waals surface area (Å²) < 4.78 is 0. The molecular weight excluding hydrogens is 294 g/mol. The third-order valence-electron chi connectivity index (χ3n) is 4.04. The molecule has 2 unspecified atom stereocenters. The van der Waals surface area contributed by atoms with Gasteiger partial charge in [-0.3, -0.25) is 4.79 Å². The van der Waals surface area contributed by atoms with Gasteiger partial charge in [0.25, 0.3) is 0 Å². The van der Waals surface area contributed by atoms with Crippen LogP contribution < -0.4 is 10.6 Å². The lowest BCUT2D eigenvalue weighted by molar-refractivity contribution is -0.125. The van der Waals surface area contributed by atoms with Gasteiger partial charge in [-0.25, -0.2) is 4.98 Å². The molecular formula is C17H21N3OS. The molecule has 1 aliphatic heterocycles. The second-order valence-electron chi connectivity index (χ2n) is 5.75. The first-order valence-corrected chi connectivity index (χ1v) is 8.50. The van der Waals surface area contributed by atoms with Crippen LogP contribution in [-0.4, -0.2) is 24.0 Å². The van der Waals surface area contributed by atoms with Crippen molar-refractivity contribution in [2.75, 3.05) is 13.1 Å². The summed E-state index contributed by atoms with van der Waals surface area (Å²) in [4.78, 5) is 18.0. The summed E-state index contributed by atoms with van der Waals surface area (Å²) >= 11 is 1.66. The van der Waals surface area contributed by atoms with Crippen molar-refractivity contribution >= 4 is 17.2 Å². The number of aryl methyl sites for hydroxylation is 1. The first kappa shape index (κ1) is 15.2. The van der Waals surface area contributed by atoms with Gasteiger partial charge in [0.1, 0.15) is 5.01 Å². The van der Waals surface area contributed by atoms with E-state index in [9.17, 15) is 4.79 Å². The lowest BCUT2D eigenvalue weighted by Crippen LogP contribution is -2.33. The summed E-state index contributed by atoms with van der Waals surface area (Å²) in [5, 5.41) is 7.38. The summed E-state index contributed by atoms with van der Waals surface area (Å²) in [5.74, 6) is 0.246. The fourth-order valence-electron chi connectivity index (χ4n) is 2.79. The molecule has 116 valence electrons. The summed E-state index contributed by atoms with van der Waals surface area (Å²) in [6.07, 6.45) is 0.926. The van der Waals surface area contributed by atoms with Crippen molar-refractivity contribution in [1.29, 1.82) is 0 Å². The van der Waals surface area contributed by atoms with Gasteiger partial charge in [0.15, 0.2) is 0 Å². The third-order valence-corrected chi connectivity index (χ3v) is 5.43. The van der Waals surface area contributed by atoms with Crippen LogP contribution in [0.2, 0.25) is 0 Å². The zero-order chi connectivity index (χ0) is 15.5. The molecule has 5 heteroatoms. The topological polar surface area (TPSA) is 54.0 Å². The van der Waals surface area contributed by atoms with Gasteiger partial charge < -0.3 is 10.6 Å². The summed E-state index contributed by atoms with van der Waals surface area (Å²) in [5.41, 5.74) is 2.13. The quantitative estimate of drug-likeness (QED) is 0.912. The van der Waals surface area contributed by atoms with Gasteiger partial charge in [0, 0.05) is 12.1 Å². The largest absolute Gasteiger partial charge is 0.348 e. The van der Waals surface area contributed by atoms with Gasteiger partial charge in [-0.15, -0.1) is 11.3 Å². The Hall–Kier alpha value is -1.72. The Labute approximate surface area is 135 Å². The molecule has 2 aromatic rings. The molecule has 1 aliphatic rings. The number of carbonyl (C=O) groups excluding carboxylic acids is 1. The van der Waals surface area contributed by atoms with E-state index in [2.05, 4.69) is 27.8 Å². The van der Waals surface area contributed by atoms with E-state index in [0.29, 0.717) is 0 Å². The minimum atomic E-state index is 0.00284. The van der Waals surface area contributed by atoms with E-state index in [1.165, 1.54) is 0 Å².